The van der Waals surface area contributed by atoms with Crippen molar-refractivity contribution in [3.8, 4) is 6.07 Å². The first-order valence-corrected chi connectivity index (χ1v) is 5.50. The number of methoxy groups -OCH3 is 1. The van der Waals surface area contributed by atoms with E-state index >= 15 is 0 Å². The SMILES string of the molecule is COC1CCC(C#N)(NC2CC2)CC1. The summed E-state index contributed by atoms with van der Waals surface area (Å²) in [6, 6.07) is 3.09. The van der Waals surface area contributed by atoms with Gasteiger partial charge in [0.1, 0.15) is 5.54 Å². The molecule has 0 aromatic heterocycles. The molecular formula is C11H18N2O. The monoisotopic (exact) mass is 194 g/mol. The zero-order valence-electron chi connectivity index (χ0n) is 8.75. The quantitative estimate of drug-likeness (QED) is 0.742. The minimum atomic E-state index is -0.240. The van der Waals surface area contributed by atoms with Crippen LogP contribution >= 0.6 is 0 Å². The van der Waals surface area contributed by atoms with Gasteiger partial charge in [-0.05, 0) is 38.5 Å². The maximum Gasteiger partial charge on any atom is 0.107 e. The summed E-state index contributed by atoms with van der Waals surface area (Å²) in [7, 11) is 1.76. The lowest BCUT2D eigenvalue weighted by atomic mass is 9.81. The lowest BCUT2D eigenvalue weighted by molar-refractivity contribution is 0.0521. The number of nitrogens with one attached hydrogen (secondary N) is 1. The highest BCUT2D eigenvalue weighted by Crippen LogP contribution is 2.33. The van der Waals surface area contributed by atoms with Gasteiger partial charge in [-0.15, -0.1) is 0 Å². The van der Waals surface area contributed by atoms with Crippen LogP contribution in [0.1, 0.15) is 38.5 Å². The van der Waals surface area contributed by atoms with Crippen LogP contribution < -0.4 is 5.32 Å². The van der Waals surface area contributed by atoms with Gasteiger partial charge < -0.3 is 4.74 Å². The molecule has 0 saturated heterocycles. The van der Waals surface area contributed by atoms with E-state index in [0.717, 1.165) is 25.7 Å². The molecule has 78 valence electrons. The Labute approximate surface area is 85.4 Å². The number of rotatable bonds is 3. The Balaban J connectivity index is 1.90. The number of hydrogen-bond acceptors (Lipinski definition) is 3. The molecule has 0 heterocycles. The first-order valence-electron chi connectivity index (χ1n) is 5.50. The Morgan fingerprint density at radius 3 is 2.36 bits per heavy atom. The Morgan fingerprint density at radius 2 is 1.93 bits per heavy atom. The largest absolute Gasteiger partial charge is 0.381 e. The molecule has 2 aliphatic carbocycles. The number of nitriles is 1. The van der Waals surface area contributed by atoms with Crippen molar-refractivity contribution in [1.29, 1.82) is 5.26 Å². The maximum atomic E-state index is 9.22. The summed E-state index contributed by atoms with van der Waals surface area (Å²) in [4.78, 5) is 0. The van der Waals surface area contributed by atoms with Crippen LogP contribution in [0, 0.1) is 11.3 Å². The van der Waals surface area contributed by atoms with Crippen LogP contribution in [0.4, 0.5) is 0 Å². The molecule has 0 aliphatic heterocycles. The highest BCUT2D eigenvalue weighted by atomic mass is 16.5. The molecule has 2 rings (SSSR count). The first kappa shape index (κ1) is 9.95. The predicted molar refractivity (Wildman–Crippen MR) is 53.8 cm³/mol. The molecule has 0 amide bonds. The second-order valence-electron chi connectivity index (χ2n) is 4.55. The van der Waals surface area contributed by atoms with Gasteiger partial charge in [-0.3, -0.25) is 5.32 Å². The van der Waals surface area contributed by atoms with Gasteiger partial charge in [0, 0.05) is 13.2 Å². The van der Waals surface area contributed by atoms with Crippen molar-refractivity contribution < 1.29 is 4.74 Å². The Bertz CT molecular complexity index is 234. The van der Waals surface area contributed by atoms with Gasteiger partial charge in [0.15, 0.2) is 0 Å². The summed E-state index contributed by atoms with van der Waals surface area (Å²) in [5.74, 6) is 0. The fraction of sp³-hybridized carbons (Fsp3) is 0.909. The lowest BCUT2D eigenvalue weighted by Gasteiger charge is -2.35. The van der Waals surface area contributed by atoms with Gasteiger partial charge in [0.05, 0.1) is 12.2 Å². The van der Waals surface area contributed by atoms with Gasteiger partial charge in [0.2, 0.25) is 0 Å². The van der Waals surface area contributed by atoms with E-state index in [4.69, 9.17) is 4.74 Å². The Morgan fingerprint density at radius 1 is 1.29 bits per heavy atom. The van der Waals surface area contributed by atoms with Crippen LogP contribution in [-0.2, 0) is 4.74 Å². The summed E-state index contributed by atoms with van der Waals surface area (Å²) < 4.78 is 5.31. The fourth-order valence-electron chi connectivity index (χ4n) is 2.23. The molecule has 0 spiro atoms. The molecule has 0 bridgehead atoms. The summed E-state index contributed by atoms with van der Waals surface area (Å²) in [5.41, 5.74) is -0.240. The van der Waals surface area contributed by atoms with E-state index in [2.05, 4.69) is 11.4 Å². The summed E-state index contributed by atoms with van der Waals surface area (Å²) in [6.45, 7) is 0. The van der Waals surface area contributed by atoms with Crippen molar-refractivity contribution in [1.82, 2.24) is 5.32 Å². The van der Waals surface area contributed by atoms with Gasteiger partial charge in [0.25, 0.3) is 0 Å². The van der Waals surface area contributed by atoms with E-state index in [1.807, 2.05) is 0 Å². The number of nitrogens with zero attached hydrogens (tertiary/aromatic N) is 1. The average Bonchev–Trinajstić information content (AvgIpc) is 3.03. The second-order valence-corrected chi connectivity index (χ2v) is 4.55. The summed E-state index contributed by atoms with van der Waals surface area (Å²) in [5, 5.41) is 12.7. The highest BCUT2D eigenvalue weighted by Gasteiger charge is 2.39. The molecule has 1 N–H and O–H groups in total. The van der Waals surface area contributed by atoms with Crippen LogP contribution in [0.5, 0.6) is 0 Å². The normalized spacial score (nSPS) is 37.9. The van der Waals surface area contributed by atoms with E-state index in [1.165, 1.54) is 12.8 Å². The molecule has 0 atom stereocenters. The van der Waals surface area contributed by atoms with Crippen molar-refractivity contribution in [3.05, 3.63) is 0 Å². The third-order valence-corrected chi connectivity index (χ3v) is 3.39. The molecule has 14 heavy (non-hydrogen) atoms. The maximum absolute atomic E-state index is 9.22. The fourth-order valence-corrected chi connectivity index (χ4v) is 2.23. The molecule has 0 aromatic rings. The van der Waals surface area contributed by atoms with Gasteiger partial charge >= 0.3 is 0 Å². The molecule has 0 radical (unpaired) electrons. The van der Waals surface area contributed by atoms with Crippen molar-refractivity contribution in [2.75, 3.05) is 7.11 Å². The van der Waals surface area contributed by atoms with Crippen molar-refractivity contribution in [2.45, 2.75) is 56.2 Å². The smallest absolute Gasteiger partial charge is 0.107 e. The average molecular weight is 194 g/mol. The van der Waals surface area contributed by atoms with E-state index in [9.17, 15) is 5.26 Å². The molecule has 0 aromatic carbocycles. The summed E-state index contributed by atoms with van der Waals surface area (Å²) >= 11 is 0. The van der Waals surface area contributed by atoms with Gasteiger partial charge in [-0.1, -0.05) is 0 Å². The van der Waals surface area contributed by atoms with E-state index in [-0.39, 0.29) is 5.54 Å². The van der Waals surface area contributed by atoms with Crippen LogP contribution in [0.2, 0.25) is 0 Å². The molecule has 3 heteroatoms. The van der Waals surface area contributed by atoms with Crippen molar-refractivity contribution >= 4 is 0 Å². The van der Waals surface area contributed by atoms with Crippen molar-refractivity contribution in [2.24, 2.45) is 0 Å². The van der Waals surface area contributed by atoms with Crippen LogP contribution in [-0.4, -0.2) is 24.8 Å². The van der Waals surface area contributed by atoms with Crippen LogP contribution in [0.15, 0.2) is 0 Å². The lowest BCUT2D eigenvalue weighted by Crippen LogP contribution is -2.48. The molecular weight excluding hydrogens is 176 g/mol. The van der Waals surface area contributed by atoms with E-state index in [0.29, 0.717) is 12.1 Å². The molecule has 2 fully saturated rings. The van der Waals surface area contributed by atoms with E-state index in [1.54, 1.807) is 7.11 Å². The molecule has 2 aliphatic rings. The zero-order valence-corrected chi connectivity index (χ0v) is 8.75. The third kappa shape index (κ3) is 2.08. The topological polar surface area (TPSA) is 45.0 Å². The summed E-state index contributed by atoms with van der Waals surface area (Å²) in [6.07, 6.45) is 6.79. The molecule has 2 saturated carbocycles. The standard InChI is InChI=1S/C11H18N2O/c1-14-10-4-6-11(8-12,7-5-10)13-9-2-3-9/h9-10,13H,2-7H2,1H3. The van der Waals surface area contributed by atoms with Gasteiger partial charge in [-0.25, -0.2) is 0 Å². The number of ether oxygens (including phenoxy) is 1. The zero-order chi connectivity index (χ0) is 10.0. The minimum absolute atomic E-state index is 0.240. The minimum Gasteiger partial charge on any atom is -0.381 e. The molecule has 3 nitrogen and oxygen atoms in total. The van der Waals surface area contributed by atoms with Crippen LogP contribution in [0.3, 0.4) is 0 Å². The van der Waals surface area contributed by atoms with Gasteiger partial charge in [-0.2, -0.15) is 5.26 Å². The first-order chi connectivity index (χ1) is 6.78. The Kier molecular flexibility index (Phi) is 2.76. The number of hydrogen-bond donors (Lipinski definition) is 1. The second kappa shape index (κ2) is 3.88. The molecule has 0 unspecified atom stereocenters. The third-order valence-electron chi connectivity index (χ3n) is 3.39. The van der Waals surface area contributed by atoms with E-state index < -0.39 is 0 Å². The van der Waals surface area contributed by atoms with Crippen LogP contribution in [0.25, 0.3) is 0 Å². The Hall–Kier alpha value is -0.590. The van der Waals surface area contributed by atoms with Crippen molar-refractivity contribution in [3.63, 3.8) is 0 Å². The highest BCUT2D eigenvalue weighted by molar-refractivity contribution is 5.12. The predicted octanol–water partition coefficient (Wildman–Crippen LogP) is 1.59.